The van der Waals surface area contributed by atoms with Crippen molar-refractivity contribution in [3.63, 3.8) is 0 Å². The highest BCUT2D eigenvalue weighted by molar-refractivity contribution is 6.30. The number of para-hydroxylation sites is 2. The molecule has 0 spiro atoms. The molecule has 1 atom stereocenters. The van der Waals surface area contributed by atoms with Gasteiger partial charge in [0.15, 0.2) is 0 Å². The molecule has 2 aromatic carbocycles. The van der Waals surface area contributed by atoms with E-state index in [0.29, 0.717) is 12.0 Å². The molecule has 2 aromatic rings. The van der Waals surface area contributed by atoms with E-state index in [9.17, 15) is 0 Å². The van der Waals surface area contributed by atoms with Crippen LogP contribution in [0.25, 0.3) is 0 Å². The second-order valence-corrected chi connectivity index (χ2v) is 5.65. The van der Waals surface area contributed by atoms with Crippen molar-refractivity contribution in [1.82, 2.24) is 0 Å². The van der Waals surface area contributed by atoms with E-state index in [1.165, 1.54) is 18.4 Å². The summed E-state index contributed by atoms with van der Waals surface area (Å²) in [7, 11) is 1.70. The molecule has 104 valence electrons. The van der Waals surface area contributed by atoms with Crippen LogP contribution in [0, 0.1) is 5.92 Å². The van der Waals surface area contributed by atoms with E-state index in [0.717, 1.165) is 16.5 Å². The van der Waals surface area contributed by atoms with E-state index in [4.69, 9.17) is 16.3 Å². The number of anilines is 1. The Labute approximate surface area is 124 Å². The summed E-state index contributed by atoms with van der Waals surface area (Å²) in [5, 5.41) is 4.41. The predicted molar refractivity (Wildman–Crippen MR) is 83.5 cm³/mol. The second-order valence-electron chi connectivity index (χ2n) is 5.21. The third-order valence-corrected chi connectivity index (χ3v) is 3.99. The Kier molecular flexibility index (Phi) is 3.83. The monoisotopic (exact) mass is 287 g/mol. The van der Waals surface area contributed by atoms with Gasteiger partial charge in [-0.2, -0.15) is 0 Å². The first kappa shape index (κ1) is 13.3. The zero-order chi connectivity index (χ0) is 13.9. The topological polar surface area (TPSA) is 21.3 Å². The van der Waals surface area contributed by atoms with Gasteiger partial charge in [0.2, 0.25) is 0 Å². The molecule has 0 radical (unpaired) electrons. The van der Waals surface area contributed by atoms with Gasteiger partial charge in [0.1, 0.15) is 5.75 Å². The van der Waals surface area contributed by atoms with Gasteiger partial charge in [-0.3, -0.25) is 0 Å². The van der Waals surface area contributed by atoms with Gasteiger partial charge in [0.05, 0.1) is 18.8 Å². The summed E-state index contributed by atoms with van der Waals surface area (Å²) < 4.78 is 5.42. The molecule has 1 saturated carbocycles. The molecule has 0 aliphatic heterocycles. The molecule has 0 saturated heterocycles. The fourth-order valence-electron chi connectivity index (χ4n) is 2.50. The van der Waals surface area contributed by atoms with Crippen LogP contribution in [0.5, 0.6) is 5.75 Å². The number of halogens is 1. The molecule has 1 aliphatic carbocycles. The van der Waals surface area contributed by atoms with Crippen molar-refractivity contribution in [3.8, 4) is 5.75 Å². The maximum absolute atomic E-state index is 5.98. The molecule has 1 aliphatic rings. The van der Waals surface area contributed by atoms with Crippen LogP contribution in [-0.2, 0) is 0 Å². The summed E-state index contributed by atoms with van der Waals surface area (Å²) >= 11 is 5.98. The average molecular weight is 288 g/mol. The van der Waals surface area contributed by atoms with Crippen LogP contribution in [0.4, 0.5) is 5.69 Å². The molecule has 2 nitrogen and oxygen atoms in total. The third kappa shape index (κ3) is 2.91. The number of benzene rings is 2. The van der Waals surface area contributed by atoms with E-state index >= 15 is 0 Å². The fourth-order valence-corrected chi connectivity index (χ4v) is 2.63. The van der Waals surface area contributed by atoms with Crippen LogP contribution in [-0.4, -0.2) is 7.11 Å². The molecule has 0 heterocycles. The fraction of sp³-hybridized carbons (Fsp3) is 0.294. The lowest BCUT2D eigenvalue weighted by atomic mass is 10.0. The molecular weight excluding hydrogens is 270 g/mol. The van der Waals surface area contributed by atoms with E-state index in [-0.39, 0.29) is 0 Å². The molecule has 1 fully saturated rings. The molecule has 3 heteroatoms. The number of nitrogens with one attached hydrogen (secondary N) is 1. The van der Waals surface area contributed by atoms with Crippen molar-refractivity contribution in [3.05, 3.63) is 59.1 Å². The van der Waals surface area contributed by atoms with Crippen molar-refractivity contribution in [2.45, 2.75) is 18.9 Å². The Bertz CT molecular complexity index is 578. The lowest BCUT2D eigenvalue weighted by Crippen LogP contribution is -2.13. The normalized spacial score (nSPS) is 15.7. The Hall–Kier alpha value is -1.67. The number of rotatable bonds is 5. The van der Waals surface area contributed by atoms with E-state index in [2.05, 4.69) is 23.5 Å². The highest BCUT2D eigenvalue weighted by atomic mass is 35.5. The van der Waals surface area contributed by atoms with Gasteiger partial charge in [-0.25, -0.2) is 0 Å². The molecule has 20 heavy (non-hydrogen) atoms. The quantitative estimate of drug-likeness (QED) is 0.843. The van der Waals surface area contributed by atoms with Gasteiger partial charge >= 0.3 is 0 Å². The maximum atomic E-state index is 5.98. The molecule has 0 bridgehead atoms. The lowest BCUT2D eigenvalue weighted by Gasteiger charge is -2.21. The smallest absolute Gasteiger partial charge is 0.141 e. The minimum Gasteiger partial charge on any atom is -0.495 e. The minimum absolute atomic E-state index is 0.323. The zero-order valence-electron chi connectivity index (χ0n) is 11.5. The van der Waals surface area contributed by atoms with Gasteiger partial charge in [-0.15, -0.1) is 0 Å². The molecule has 1 N–H and O–H groups in total. The number of methoxy groups -OCH3 is 1. The van der Waals surface area contributed by atoms with Crippen molar-refractivity contribution in [1.29, 1.82) is 0 Å². The summed E-state index contributed by atoms with van der Waals surface area (Å²) in [5.74, 6) is 1.58. The molecule has 0 amide bonds. The Balaban J connectivity index is 1.86. The summed E-state index contributed by atoms with van der Waals surface area (Å²) in [6.07, 6.45) is 2.55. The Morgan fingerprint density at radius 3 is 2.45 bits per heavy atom. The van der Waals surface area contributed by atoms with Gasteiger partial charge < -0.3 is 10.1 Å². The summed E-state index contributed by atoms with van der Waals surface area (Å²) in [6, 6.07) is 16.5. The van der Waals surface area contributed by atoms with E-state index < -0.39 is 0 Å². The number of hydrogen-bond donors (Lipinski definition) is 1. The molecule has 1 unspecified atom stereocenters. The minimum atomic E-state index is 0.323. The van der Waals surface area contributed by atoms with Gasteiger partial charge in [-0.05, 0) is 48.6 Å². The van der Waals surface area contributed by atoms with Crippen LogP contribution in [0.15, 0.2) is 48.5 Å². The molecule has 3 rings (SSSR count). The summed E-state index contributed by atoms with van der Waals surface area (Å²) in [6.45, 7) is 0. The van der Waals surface area contributed by atoms with Gasteiger partial charge in [-0.1, -0.05) is 35.9 Å². The highest BCUT2D eigenvalue weighted by Crippen LogP contribution is 2.44. The summed E-state index contributed by atoms with van der Waals surface area (Å²) in [5.41, 5.74) is 2.32. The van der Waals surface area contributed by atoms with E-state index in [1.54, 1.807) is 7.11 Å². The zero-order valence-corrected chi connectivity index (χ0v) is 12.2. The van der Waals surface area contributed by atoms with Crippen LogP contribution >= 0.6 is 11.6 Å². The Morgan fingerprint density at radius 1 is 1.10 bits per heavy atom. The SMILES string of the molecule is COc1ccccc1NC(c1ccc(Cl)cc1)C1CC1. The maximum Gasteiger partial charge on any atom is 0.141 e. The van der Waals surface area contributed by atoms with Gasteiger partial charge in [0, 0.05) is 5.02 Å². The standard InChI is InChI=1S/C17H18ClNO/c1-20-16-5-3-2-4-15(16)19-17(12-6-7-12)13-8-10-14(18)11-9-13/h2-5,8-12,17,19H,6-7H2,1H3. The first-order valence-electron chi connectivity index (χ1n) is 6.93. The predicted octanol–water partition coefficient (Wildman–Crippen LogP) is 4.91. The first-order chi connectivity index (χ1) is 9.78. The molecular formula is C17H18ClNO. The third-order valence-electron chi connectivity index (χ3n) is 3.74. The highest BCUT2D eigenvalue weighted by Gasteiger charge is 2.32. The van der Waals surface area contributed by atoms with Crippen molar-refractivity contribution in [2.24, 2.45) is 5.92 Å². The average Bonchev–Trinajstić information content (AvgIpc) is 3.31. The van der Waals surface area contributed by atoms with Crippen LogP contribution in [0.3, 0.4) is 0 Å². The van der Waals surface area contributed by atoms with Crippen molar-refractivity contribution < 1.29 is 4.74 Å². The van der Waals surface area contributed by atoms with Gasteiger partial charge in [0.25, 0.3) is 0 Å². The second kappa shape index (κ2) is 5.76. The molecule has 0 aromatic heterocycles. The number of ether oxygens (including phenoxy) is 1. The van der Waals surface area contributed by atoms with E-state index in [1.807, 2.05) is 30.3 Å². The van der Waals surface area contributed by atoms with Crippen LogP contribution < -0.4 is 10.1 Å². The van der Waals surface area contributed by atoms with Crippen LogP contribution in [0.2, 0.25) is 5.02 Å². The number of hydrogen-bond acceptors (Lipinski definition) is 2. The van der Waals surface area contributed by atoms with Crippen LogP contribution in [0.1, 0.15) is 24.4 Å². The van der Waals surface area contributed by atoms with Crippen molar-refractivity contribution >= 4 is 17.3 Å². The summed E-state index contributed by atoms with van der Waals surface area (Å²) in [4.78, 5) is 0. The first-order valence-corrected chi connectivity index (χ1v) is 7.31. The van der Waals surface area contributed by atoms with Crippen molar-refractivity contribution in [2.75, 3.05) is 12.4 Å². The largest absolute Gasteiger partial charge is 0.495 e. The lowest BCUT2D eigenvalue weighted by molar-refractivity contribution is 0.415. The Morgan fingerprint density at radius 2 is 1.80 bits per heavy atom.